The van der Waals surface area contributed by atoms with Crippen LogP contribution in [-0.4, -0.2) is 57.4 Å². The number of ether oxygens (including phenoxy) is 1. The van der Waals surface area contributed by atoms with Gasteiger partial charge in [-0.1, -0.05) is 66.9 Å². The van der Waals surface area contributed by atoms with Gasteiger partial charge >= 0.3 is 0 Å². The summed E-state index contributed by atoms with van der Waals surface area (Å²) in [5.41, 5.74) is 2.23. The van der Waals surface area contributed by atoms with Gasteiger partial charge in [0.2, 0.25) is 11.8 Å². The molecule has 3 aromatic carbocycles. The second-order valence-electron chi connectivity index (χ2n) is 10.5. The molecule has 3 aromatic rings. The molecule has 0 aliphatic heterocycles. The van der Waals surface area contributed by atoms with Crippen LogP contribution in [-0.2, 0) is 26.0 Å². The molecule has 1 aliphatic carbocycles. The van der Waals surface area contributed by atoms with Crippen molar-refractivity contribution in [3.63, 3.8) is 0 Å². The number of hydrogen-bond acceptors (Lipinski definition) is 5. The monoisotopic (exact) mass is 577 g/mol. The van der Waals surface area contributed by atoms with Gasteiger partial charge in [0.15, 0.2) is 0 Å². The Morgan fingerprint density at radius 3 is 2.32 bits per heavy atom. The number of carbonyl (C=O) groups is 2. The number of carbonyl (C=O) groups excluding carboxylic acids is 2. The molecule has 0 unspecified atom stereocenters. The molecule has 1 aliphatic rings. The molecule has 1 fully saturated rings. The topological polar surface area (TPSA) is 96.0 Å². The van der Waals surface area contributed by atoms with Gasteiger partial charge in [0.1, 0.15) is 18.3 Å². The molecule has 1 atom stereocenters. The van der Waals surface area contributed by atoms with Crippen LogP contribution in [0.15, 0.2) is 83.8 Å². The van der Waals surface area contributed by atoms with Crippen LogP contribution >= 0.6 is 0 Å². The van der Waals surface area contributed by atoms with E-state index in [-0.39, 0.29) is 23.4 Å². The predicted octanol–water partition coefficient (Wildman–Crippen LogP) is 4.72. The summed E-state index contributed by atoms with van der Waals surface area (Å²) in [5.74, 6) is -0.231. The number of anilines is 1. The van der Waals surface area contributed by atoms with Gasteiger partial charge in [0.05, 0.1) is 17.7 Å². The normalized spacial score (nSPS) is 14.3. The highest BCUT2D eigenvalue weighted by atomic mass is 32.2. The molecule has 4 rings (SSSR count). The van der Waals surface area contributed by atoms with Gasteiger partial charge in [-0.05, 0) is 62.9 Å². The first-order valence-corrected chi connectivity index (χ1v) is 15.5. The van der Waals surface area contributed by atoms with E-state index in [2.05, 4.69) is 5.32 Å². The summed E-state index contributed by atoms with van der Waals surface area (Å²) < 4.78 is 34.3. The molecule has 0 bridgehead atoms. The van der Waals surface area contributed by atoms with Gasteiger partial charge in [0.25, 0.3) is 10.0 Å². The Morgan fingerprint density at radius 1 is 0.976 bits per heavy atom. The zero-order chi connectivity index (χ0) is 29.4. The molecule has 0 aromatic heterocycles. The fourth-order valence-electron chi connectivity index (χ4n) is 5.09. The van der Waals surface area contributed by atoms with Crippen molar-refractivity contribution < 1.29 is 22.7 Å². The van der Waals surface area contributed by atoms with Crippen molar-refractivity contribution in [2.24, 2.45) is 0 Å². The highest BCUT2D eigenvalue weighted by molar-refractivity contribution is 7.92. The minimum absolute atomic E-state index is 0.0709. The lowest BCUT2D eigenvalue weighted by atomic mass is 10.1. The number of rotatable bonds is 12. The quantitative estimate of drug-likeness (QED) is 0.336. The standard InChI is InChI=1S/C32H39N3O5S/c1-24-16-18-30(19-17-24)41(38,39)35(28-14-9-15-29(22-28)40-3)23-31(36)34(21-20-26-10-5-4-6-11-26)25(2)32(37)33-27-12-7-8-13-27/h4-6,9-11,14-19,22,25,27H,7-8,12-13,20-21,23H2,1-3H3,(H,33,37)/t25-/m0/s1. The second kappa shape index (κ2) is 13.7. The van der Waals surface area contributed by atoms with Crippen molar-refractivity contribution in [2.75, 3.05) is 24.5 Å². The summed E-state index contributed by atoms with van der Waals surface area (Å²) in [5, 5.41) is 3.09. The minimum Gasteiger partial charge on any atom is -0.497 e. The molecule has 1 N–H and O–H groups in total. The maximum atomic E-state index is 14.0. The average molecular weight is 578 g/mol. The lowest BCUT2D eigenvalue weighted by molar-refractivity contribution is -0.139. The number of aryl methyl sites for hydroxylation is 1. The first-order chi connectivity index (χ1) is 19.7. The Morgan fingerprint density at radius 2 is 1.66 bits per heavy atom. The highest BCUT2D eigenvalue weighted by Gasteiger charge is 2.33. The van der Waals surface area contributed by atoms with Crippen LogP contribution in [0.1, 0.15) is 43.7 Å². The van der Waals surface area contributed by atoms with E-state index in [0.29, 0.717) is 17.9 Å². The van der Waals surface area contributed by atoms with Crippen molar-refractivity contribution >= 4 is 27.5 Å². The third-order valence-corrected chi connectivity index (χ3v) is 9.37. The van der Waals surface area contributed by atoms with Crippen LogP contribution in [0.2, 0.25) is 0 Å². The lowest BCUT2D eigenvalue weighted by Crippen LogP contribution is -2.53. The summed E-state index contributed by atoms with van der Waals surface area (Å²) >= 11 is 0. The molecule has 0 heterocycles. The first kappa shape index (κ1) is 30.1. The van der Waals surface area contributed by atoms with Gasteiger partial charge in [0, 0.05) is 18.7 Å². The van der Waals surface area contributed by atoms with Gasteiger partial charge in [-0.3, -0.25) is 13.9 Å². The molecule has 2 amide bonds. The zero-order valence-corrected chi connectivity index (χ0v) is 24.8. The fourth-order valence-corrected chi connectivity index (χ4v) is 6.50. The molecule has 0 saturated heterocycles. The van der Waals surface area contributed by atoms with Crippen LogP contribution in [0, 0.1) is 6.92 Å². The number of sulfonamides is 1. The number of nitrogens with one attached hydrogen (secondary N) is 1. The van der Waals surface area contributed by atoms with E-state index < -0.39 is 28.5 Å². The average Bonchev–Trinajstić information content (AvgIpc) is 3.49. The molecule has 41 heavy (non-hydrogen) atoms. The summed E-state index contributed by atoms with van der Waals surface area (Å²) in [4.78, 5) is 28.9. The Bertz CT molecular complexity index is 1420. The maximum absolute atomic E-state index is 14.0. The van der Waals surface area contributed by atoms with E-state index in [4.69, 9.17) is 4.74 Å². The van der Waals surface area contributed by atoms with Gasteiger partial charge in [-0.15, -0.1) is 0 Å². The van der Waals surface area contributed by atoms with E-state index in [1.54, 1.807) is 43.3 Å². The molecule has 218 valence electrons. The number of nitrogens with zero attached hydrogens (tertiary/aromatic N) is 2. The fraction of sp³-hybridized carbons (Fsp3) is 0.375. The number of amides is 2. The Hall–Kier alpha value is -3.85. The summed E-state index contributed by atoms with van der Waals surface area (Å²) in [7, 11) is -2.63. The van der Waals surface area contributed by atoms with E-state index in [0.717, 1.165) is 41.1 Å². The van der Waals surface area contributed by atoms with Crippen LogP contribution in [0.3, 0.4) is 0 Å². The van der Waals surface area contributed by atoms with E-state index in [1.165, 1.54) is 24.1 Å². The van der Waals surface area contributed by atoms with Crippen LogP contribution < -0.4 is 14.4 Å². The number of hydrogen-bond donors (Lipinski definition) is 1. The van der Waals surface area contributed by atoms with Gasteiger partial charge in [-0.2, -0.15) is 0 Å². The lowest BCUT2D eigenvalue weighted by Gasteiger charge is -2.32. The van der Waals surface area contributed by atoms with E-state index in [1.807, 2.05) is 37.3 Å². The highest BCUT2D eigenvalue weighted by Crippen LogP contribution is 2.28. The Kier molecular flexibility index (Phi) is 10.0. The second-order valence-corrected chi connectivity index (χ2v) is 12.4. The Balaban J connectivity index is 1.66. The smallest absolute Gasteiger partial charge is 0.264 e. The van der Waals surface area contributed by atoms with Crippen molar-refractivity contribution in [2.45, 2.75) is 62.9 Å². The van der Waals surface area contributed by atoms with Crippen LogP contribution in [0.25, 0.3) is 0 Å². The third-order valence-electron chi connectivity index (χ3n) is 7.58. The molecule has 8 nitrogen and oxygen atoms in total. The molecule has 9 heteroatoms. The predicted molar refractivity (Wildman–Crippen MR) is 160 cm³/mol. The summed E-state index contributed by atoms with van der Waals surface area (Å²) in [6, 6.07) is 22.2. The molecular formula is C32H39N3O5S. The van der Waals surface area contributed by atoms with E-state index in [9.17, 15) is 18.0 Å². The molecule has 0 radical (unpaired) electrons. The van der Waals surface area contributed by atoms with Crippen molar-refractivity contribution in [1.29, 1.82) is 0 Å². The van der Waals surface area contributed by atoms with E-state index >= 15 is 0 Å². The summed E-state index contributed by atoms with van der Waals surface area (Å²) in [6.07, 6.45) is 4.52. The third kappa shape index (κ3) is 7.67. The maximum Gasteiger partial charge on any atom is 0.264 e. The largest absolute Gasteiger partial charge is 0.497 e. The molecule has 1 saturated carbocycles. The minimum atomic E-state index is -4.13. The van der Waals surface area contributed by atoms with Crippen LogP contribution in [0.4, 0.5) is 5.69 Å². The SMILES string of the molecule is COc1cccc(N(CC(=O)N(CCc2ccccc2)[C@@H](C)C(=O)NC2CCCC2)S(=O)(=O)c2ccc(C)cc2)c1. The van der Waals surface area contributed by atoms with Gasteiger partial charge in [-0.25, -0.2) is 8.42 Å². The van der Waals surface area contributed by atoms with Gasteiger partial charge < -0.3 is 15.0 Å². The van der Waals surface area contributed by atoms with Crippen molar-refractivity contribution in [1.82, 2.24) is 10.2 Å². The molecule has 0 spiro atoms. The molecular weight excluding hydrogens is 538 g/mol. The van der Waals surface area contributed by atoms with Crippen molar-refractivity contribution in [3.05, 3.63) is 90.0 Å². The zero-order valence-electron chi connectivity index (χ0n) is 24.0. The number of methoxy groups -OCH3 is 1. The van der Waals surface area contributed by atoms with Crippen LogP contribution in [0.5, 0.6) is 5.75 Å². The Labute approximate surface area is 243 Å². The summed E-state index contributed by atoms with van der Waals surface area (Å²) in [6.45, 7) is 3.37. The van der Waals surface area contributed by atoms with Crippen molar-refractivity contribution in [3.8, 4) is 5.75 Å². The number of benzene rings is 3. The first-order valence-electron chi connectivity index (χ1n) is 14.1.